The maximum absolute atomic E-state index is 12.0. The van der Waals surface area contributed by atoms with Gasteiger partial charge in [-0.2, -0.15) is 0 Å². The minimum atomic E-state index is -0.775. The molecule has 0 spiro atoms. The standard InChI is InChI=1S/C22H27NO4/c1-3-27-20-14-7-5-11-17(20)21(16-10-4-6-13-19(16)26-2)23-15-9-8-12-18(23)22(24)25/h4-7,10-11,13-14,18,21H,3,8-9,12,15H2,1-2H3,(H,24,25). The molecule has 0 radical (unpaired) electrons. The van der Waals surface area contributed by atoms with Gasteiger partial charge < -0.3 is 14.6 Å². The zero-order chi connectivity index (χ0) is 19.2. The number of ether oxygens (including phenoxy) is 2. The highest BCUT2D eigenvalue weighted by Gasteiger charge is 2.37. The van der Waals surface area contributed by atoms with E-state index in [1.807, 2.05) is 55.5 Å². The van der Waals surface area contributed by atoms with Crippen molar-refractivity contribution in [3.63, 3.8) is 0 Å². The summed E-state index contributed by atoms with van der Waals surface area (Å²) < 4.78 is 11.5. The van der Waals surface area contributed by atoms with Crippen LogP contribution in [-0.2, 0) is 4.79 Å². The highest BCUT2D eigenvalue weighted by molar-refractivity contribution is 5.74. The predicted octanol–water partition coefficient (Wildman–Crippen LogP) is 4.12. The van der Waals surface area contributed by atoms with Gasteiger partial charge in [0.2, 0.25) is 0 Å². The van der Waals surface area contributed by atoms with E-state index < -0.39 is 12.0 Å². The minimum absolute atomic E-state index is 0.245. The van der Waals surface area contributed by atoms with Crippen molar-refractivity contribution in [3.05, 3.63) is 59.7 Å². The van der Waals surface area contributed by atoms with E-state index >= 15 is 0 Å². The molecule has 0 amide bonds. The number of likely N-dealkylation sites (tertiary alicyclic amines) is 1. The fraction of sp³-hybridized carbons (Fsp3) is 0.409. The molecule has 3 rings (SSSR count). The van der Waals surface area contributed by atoms with Crippen LogP contribution in [0.1, 0.15) is 43.4 Å². The Morgan fingerprint density at radius 1 is 1.11 bits per heavy atom. The van der Waals surface area contributed by atoms with Gasteiger partial charge in [0.05, 0.1) is 19.8 Å². The van der Waals surface area contributed by atoms with Gasteiger partial charge in [-0.3, -0.25) is 9.69 Å². The summed E-state index contributed by atoms with van der Waals surface area (Å²) in [5.74, 6) is 0.762. The highest BCUT2D eigenvalue weighted by atomic mass is 16.5. The summed E-state index contributed by atoms with van der Waals surface area (Å²) in [4.78, 5) is 14.1. The van der Waals surface area contributed by atoms with E-state index in [1.165, 1.54) is 0 Å². The van der Waals surface area contributed by atoms with Crippen molar-refractivity contribution in [3.8, 4) is 11.5 Å². The first-order valence-electron chi connectivity index (χ1n) is 9.50. The Bertz CT molecular complexity index is 776. The van der Waals surface area contributed by atoms with E-state index in [2.05, 4.69) is 4.90 Å². The lowest BCUT2D eigenvalue weighted by Crippen LogP contribution is -2.47. The number of carboxylic acids is 1. The fourth-order valence-corrected chi connectivity index (χ4v) is 3.94. The van der Waals surface area contributed by atoms with Crippen LogP contribution in [0.5, 0.6) is 11.5 Å². The van der Waals surface area contributed by atoms with Crippen molar-refractivity contribution in [1.29, 1.82) is 0 Å². The zero-order valence-electron chi connectivity index (χ0n) is 15.9. The van der Waals surface area contributed by atoms with Crippen LogP contribution in [0.25, 0.3) is 0 Å². The molecule has 1 fully saturated rings. The van der Waals surface area contributed by atoms with Crippen molar-refractivity contribution in [2.75, 3.05) is 20.3 Å². The molecule has 0 aromatic heterocycles. The molecule has 0 aliphatic carbocycles. The average molecular weight is 369 g/mol. The molecule has 2 aromatic rings. The van der Waals surface area contributed by atoms with Gasteiger partial charge in [-0.25, -0.2) is 0 Å². The Kier molecular flexibility index (Phi) is 6.35. The Balaban J connectivity index is 2.16. The first kappa shape index (κ1) is 19.2. The molecule has 1 aliphatic heterocycles. The molecule has 1 N–H and O–H groups in total. The van der Waals surface area contributed by atoms with Gasteiger partial charge in [-0.15, -0.1) is 0 Å². The molecule has 27 heavy (non-hydrogen) atoms. The average Bonchev–Trinajstić information content (AvgIpc) is 2.70. The van der Waals surface area contributed by atoms with Crippen molar-refractivity contribution in [1.82, 2.24) is 4.90 Å². The Hall–Kier alpha value is -2.53. The molecule has 2 unspecified atom stereocenters. The molecule has 1 saturated heterocycles. The predicted molar refractivity (Wildman–Crippen MR) is 104 cm³/mol. The largest absolute Gasteiger partial charge is 0.496 e. The molecule has 2 aromatic carbocycles. The number of para-hydroxylation sites is 2. The van der Waals surface area contributed by atoms with Crippen molar-refractivity contribution in [2.45, 2.75) is 38.3 Å². The minimum Gasteiger partial charge on any atom is -0.496 e. The second-order valence-electron chi connectivity index (χ2n) is 6.70. The van der Waals surface area contributed by atoms with Gasteiger partial charge in [-0.1, -0.05) is 42.8 Å². The third kappa shape index (κ3) is 4.08. The number of rotatable bonds is 7. The number of benzene rings is 2. The number of carbonyl (C=O) groups is 1. The summed E-state index contributed by atoms with van der Waals surface area (Å²) in [7, 11) is 1.65. The van der Waals surface area contributed by atoms with Gasteiger partial charge in [0.25, 0.3) is 0 Å². The van der Waals surface area contributed by atoms with Crippen LogP contribution in [0.15, 0.2) is 48.5 Å². The Morgan fingerprint density at radius 2 is 1.74 bits per heavy atom. The van der Waals surface area contributed by atoms with E-state index in [-0.39, 0.29) is 6.04 Å². The van der Waals surface area contributed by atoms with E-state index in [0.29, 0.717) is 13.0 Å². The molecular weight excluding hydrogens is 342 g/mol. The van der Waals surface area contributed by atoms with Crippen LogP contribution in [-0.4, -0.2) is 42.3 Å². The fourth-order valence-electron chi connectivity index (χ4n) is 3.94. The van der Waals surface area contributed by atoms with Gasteiger partial charge in [0, 0.05) is 11.1 Å². The van der Waals surface area contributed by atoms with Crippen LogP contribution in [0, 0.1) is 0 Å². The smallest absolute Gasteiger partial charge is 0.320 e. The molecule has 1 heterocycles. The normalized spacial score (nSPS) is 18.7. The maximum Gasteiger partial charge on any atom is 0.320 e. The van der Waals surface area contributed by atoms with Crippen molar-refractivity contribution in [2.24, 2.45) is 0 Å². The number of piperidine rings is 1. The Labute approximate surface area is 160 Å². The monoisotopic (exact) mass is 369 g/mol. The molecule has 144 valence electrons. The molecule has 1 aliphatic rings. The number of hydrogen-bond donors (Lipinski definition) is 1. The van der Waals surface area contributed by atoms with Gasteiger partial charge >= 0.3 is 5.97 Å². The summed E-state index contributed by atoms with van der Waals surface area (Å²) in [5.41, 5.74) is 1.93. The topological polar surface area (TPSA) is 59.0 Å². The van der Waals surface area contributed by atoms with E-state index in [4.69, 9.17) is 9.47 Å². The van der Waals surface area contributed by atoms with Crippen LogP contribution < -0.4 is 9.47 Å². The molecule has 2 atom stereocenters. The number of carboxylic acid groups (broad SMARTS) is 1. The number of nitrogens with zero attached hydrogens (tertiary/aromatic N) is 1. The molecule has 5 heteroatoms. The maximum atomic E-state index is 12.0. The van der Waals surface area contributed by atoms with E-state index in [1.54, 1.807) is 7.11 Å². The second kappa shape index (κ2) is 8.91. The van der Waals surface area contributed by atoms with Gasteiger partial charge in [0.1, 0.15) is 17.5 Å². The van der Waals surface area contributed by atoms with Gasteiger partial charge in [-0.05, 0) is 38.4 Å². The number of aliphatic carboxylic acids is 1. The third-order valence-corrected chi connectivity index (χ3v) is 5.11. The van der Waals surface area contributed by atoms with Crippen LogP contribution >= 0.6 is 0 Å². The summed E-state index contributed by atoms with van der Waals surface area (Å²) in [6.45, 7) is 3.23. The van der Waals surface area contributed by atoms with Crippen LogP contribution in [0.2, 0.25) is 0 Å². The molecule has 0 saturated carbocycles. The van der Waals surface area contributed by atoms with Gasteiger partial charge in [0.15, 0.2) is 0 Å². The van der Waals surface area contributed by atoms with Crippen molar-refractivity contribution < 1.29 is 19.4 Å². The van der Waals surface area contributed by atoms with Crippen LogP contribution in [0.4, 0.5) is 0 Å². The quantitative estimate of drug-likeness (QED) is 0.795. The Morgan fingerprint density at radius 3 is 2.37 bits per heavy atom. The first-order valence-corrected chi connectivity index (χ1v) is 9.50. The zero-order valence-corrected chi connectivity index (χ0v) is 15.9. The number of methoxy groups -OCH3 is 1. The molecule has 5 nitrogen and oxygen atoms in total. The lowest BCUT2D eigenvalue weighted by Gasteiger charge is -2.40. The molecule has 0 bridgehead atoms. The SMILES string of the molecule is CCOc1ccccc1C(c1ccccc1OC)N1CCCCC1C(=O)O. The van der Waals surface area contributed by atoms with E-state index in [0.717, 1.165) is 42.0 Å². The summed E-state index contributed by atoms with van der Waals surface area (Å²) in [6.07, 6.45) is 2.56. The van der Waals surface area contributed by atoms with Crippen LogP contribution in [0.3, 0.4) is 0 Å². The summed E-state index contributed by atoms with van der Waals surface area (Å²) >= 11 is 0. The lowest BCUT2D eigenvalue weighted by molar-refractivity contribution is -0.145. The third-order valence-electron chi connectivity index (χ3n) is 5.11. The second-order valence-corrected chi connectivity index (χ2v) is 6.70. The first-order chi connectivity index (χ1) is 13.2. The lowest BCUT2D eigenvalue weighted by atomic mass is 9.90. The van der Waals surface area contributed by atoms with Crippen molar-refractivity contribution >= 4 is 5.97 Å². The molecular formula is C22H27NO4. The summed E-state index contributed by atoms with van der Waals surface area (Å²) in [6, 6.07) is 14.9. The summed E-state index contributed by atoms with van der Waals surface area (Å²) in [5, 5.41) is 9.85. The number of hydrogen-bond acceptors (Lipinski definition) is 4. The highest BCUT2D eigenvalue weighted by Crippen LogP contribution is 2.41. The van der Waals surface area contributed by atoms with E-state index in [9.17, 15) is 9.90 Å².